The van der Waals surface area contributed by atoms with Crippen LogP contribution in [0.4, 0.5) is 0 Å². The molecule has 2 heterocycles. The van der Waals surface area contributed by atoms with E-state index in [1.807, 2.05) is 18.2 Å². The van der Waals surface area contributed by atoms with Crippen LogP contribution >= 0.6 is 22.9 Å². The predicted octanol–water partition coefficient (Wildman–Crippen LogP) is 4.78. The van der Waals surface area contributed by atoms with Crippen LogP contribution in [0.5, 0.6) is 0 Å². The molecule has 2 aromatic carbocycles. The Morgan fingerprint density at radius 2 is 1.77 bits per heavy atom. The van der Waals surface area contributed by atoms with E-state index in [4.69, 9.17) is 11.6 Å². The first-order valence-electron chi connectivity index (χ1n) is 9.66. The Morgan fingerprint density at radius 1 is 1.03 bits per heavy atom. The Hall–Kier alpha value is -2.19. The van der Waals surface area contributed by atoms with Gasteiger partial charge in [-0.25, -0.2) is 8.42 Å². The summed E-state index contributed by atoms with van der Waals surface area (Å²) in [5.74, 6) is -0.187. The molecule has 30 heavy (non-hydrogen) atoms. The summed E-state index contributed by atoms with van der Waals surface area (Å²) in [6.07, 6.45) is 1.81. The molecule has 1 N–H and O–H groups in total. The highest BCUT2D eigenvalue weighted by Gasteiger charge is 2.28. The Balaban J connectivity index is 1.48. The fourth-order valence-electron chi connectivity index (χ4n) is 3.37. The predicted molar refractivity (Wildman–Crippen MR) is 120 cm³/mol. The minimum Gasteiger partial charge on any atom is -0.348 e. The van der Waals surface area contributed by atoms with Crippen molar-refractivity contribution >= 4 is 38.9 Å². The average Bonchev–Trinajstić information content (AvgIpc) is 3.46. The summed E-state index contributed by atoms with van der Waals surface area (Å²) < 4.78 is 27.4. The molecule has 0 atom stereocenters. The van der Waals surface area contributed by atoms with Gasteiger partial charge < -0.3 is 5.32 Å². The quantitative estimate of drug-likeness (QED) is 0.575. The number of amides is 1. The molecule has 0 unspecified atom stereocenters. The molecule has 0 radical (unpaired) electrons. The van der Waals surface area contributed by atoms with Gasteiger partial charge in [0.15, 0.2) is 0 Å². The lowest BCUT2D eigenvalue weighted by Crippen LogP contribution is -2.27. The van der Waals surface area contributed by atoms with Crippen molar-refractivity contribution in [2.24, 2.45) is 0 Å². The SMILES string of the molecule is O=C(NCc1ccc(Cl)cc1)c1cccc(-c2ccc(S(=O)(=O)N3CCCC3)s2)c1. The number of sulfonamides is 1. The van der Waals surface area contributed by atoms with E-state index in [0.717, 1.165) is 28.8 Å². The first-order valence-corrected chi connectivity index (χ1v) is 12.3. The highest BCUT2D eigenvalue weighted by atomic mass is 35.5. The van der Waals surface area contributed by atoms with Crippen LogP contribution in [-0.4, -0.2) is 31.7 Å². The highest BCUT2D eigenvalue weighted by Crippen LogP contribution is 2.33. The van der Waals surface area contributed by atoms with Gasteiger partial charge >= 0.3 is 0 Å². The van der Waals surface area contributed by atoms with Crippen LogP contribution < -0.4 is 5.32 Å². The van der Waals surface area contributed by atoms with Gasteiger partial charge in [-0.3, -0.25) is 4.79 Å². The van der Waals surface area contributed by atoms with Crippen LogP contribution in [0.3, 0.4) is 0 Å². The summed E-state index contributed by atoms with van der Waals surface area (Å²) in [5, 5.41) is 3.55. The van der Waals surface area contributed by atoms with Crippen LogP contribution in [0, 0.1) is 0 Å². The number of carbonyl (C=O) groups is 1. The van der Waals surface area contributed by atoms with Gasteiger partial charge in [-0.1, -0.05) is 35.9 Å². The normalized spacial score (nSPS) is 14.7. The van der Waals surface area contributed by atoms with E-state index in [0.29, 0.717) is 34.4 Å². The number of thiophene rings is 1. The molecule has 156 valence electrons. The van der Waals surface area contributed by atoms with Gasteiger partial charge in [0.2, 0.25) is 0 Å². The first-order chi connectivity index (χ1) is 14.4. The van der Waals surface area contributed by atoms with E-state index < -0.39 is 10.0 Å². The van der Waals surface area contributed by atoms with Crippen LogP contribution in [-0.2, 0) is 16.6 Å². The van der Waals surface area contributed by atoms with Gasteiger partial charge in [-0.2, -0.15) is 4.31 Å². The summed E-state index contributed by atoms with van der Waals surface area (Å²) in [5.41, 5.74) is 2.31. The van der Waals surface area contributed by atoms with Gasteiger partial charge in [-0.15, -0.1) is 11.3 Å². The van der Waals surface area contributed by atoms with E-state index in [1.165, 1.54) is 11.3 Å². The second kappa shape index (κ2) is 8.89. The molecular weight excluding hydrogens is 440 g/mol. The van der Waals surface area contributed by atoms with Gasteiger partial charge in [0.05, 0.1) is 0 Å². The molecule has 1 saturated heterocycles. The highest BCUT2D eigenvalue weighted by molar-refractivity contribution is 7.91. The Labute approximate surface area is 185 Å². The van der Waals surface area contributed by atoms with E-state index in [2.05, 4.69) is 5.32 Å². The smallest absolute Gasteiger partial charge is 0.252 e. The topological polar surface area (TPSA) is 66.5 Å². The molecule has 5 nitrogen and oxygen atoms in total. The van der Waals surface area contributed by atoms with Crippen LogP contribution in [0.15, 0.2) is 64.9 Å². The van der Waals surface area contributed by atoms with Crippen LogP contribution in [0.1, 0.15) is 28.8 Å². The first kappa shape index (κ1) is 21.1. The maximum Gasteiger partial charge on any atom is 0.252 e. The van der Waals surface area contributed by atoms with Crippen LogP contribution in [0.2, 0.25) is 5.02 Å². The minimum absolute atomic E-state index is 0.187. The number of hydrogen-bond donors (Lipinski definition) is 1. The molecule has 4 rings (SSSR count). The van der Waals surface area contributed by atoms with Crippen molar-refractivity contribution in [1.82, 2.24) is 9.62 Å². The molecule has 3 aromatic rings. The maximum absolute atomic E-state index is 12.8. The molecule has 8 heteroatoms. The summed E-state index contributed by atoms with van der Waals surface area (Å²) in [6, 6.07) is 18.0. The van der Waals surface area contributed by atoms with Crippen molar-refractivity contribution in [1.29, 1.82) is 0 Å². The fraction of sp³-hybridized carbons (Fsp3) is 0.227. The Bertz CT molecular complexity index is 1150. The number of hydrogen-bond acceptors (Lipinski definition) is 4. The summed E-state index contributed by atoms with van der Waals surface area (Å²) >= 11 is 7.12. The van der Waals surface area contributed by atoms with Gasteiger partial charge in [0.25, 0.3) is 15.9 Å². The zero-order valence-corrected chi connectivity index (χ0v) is 18.6. The molecule has 0 aliphatic carbocycles. The molecule has 0 spiro atoms. The molecule has 1 fully saturated rings. The number of halogens is 1. The fourth-order valence-corrected chi connectivity index (χ4v) is 6.47. The lowest BCUT2D eigenvalue weighted by atomic mass is 10.1. The minimum atomic E-state index is -3.43. The monoisotopic (exact) mass is 460 g/mol. The van der Waals surface area contributed by atoms with Crippen molar-refractivity contribution in [3.05, 3.63) is 76.8 Å². The van der Waals surface area contributed by atoms with E-state index >= 15 is 0 Å². The van der Waals surface area contributed by atoms with Gasteiger partial charge in [0, 0.05) is 35.1 Å². The molecule has 0 bridgehead atoms. The summed E-state index contributed by atoms with van der Waals surface area (Å²) in [4.78, 5) is 13.4. The molecule has 1 aliphatic heterocycles. The number of rotatable bonds is 6. The number of carbonyl (C=O) groups excluding carboxylic acids is 1. The van der Waals surface area contributed by atoms with Crippen molar-refractivity contribution in [2.45, 2.75) is 23.6 Å². The van der Waals surface area contributed by atoms with Crippen molar-refractivity contribution in [3.8, 4) is 10.4 Å². The zero-order valence-electron chi connectivity index (χ0n) is 16.2. The van der Waals surface area contributed by atoms with E-state index in [-0.39, 0.29) is 5.91 Å². The van der Waals surface area contributed by atoms with E-state index in [1.54, 1.807) is 46.8 Å². The molecule has 1 amide bonds. The van der Waals surface area contributed by atoms with Crippen molar-refractivity contribution in [3.63, 3.8) is 0 Å². The molecule has 0 saturated carbocycles. The third kappa shape index (κ3) is 4.59. The van der Waals surface area contributed by atoms with Crippen molar-refractivity contribution in [2.75, 3.05) is 13.1 Å². The van der Waals surface area contributed by atoms with E-state index in [9.17, 15) is 13.2 Å². The third-order valence-electron chi connectivity index (χ3n) is 5.02. The lowest BCUT2D eigenvalue weighted by Gasteiger charge is -2.13. The molecule has 1 aromatic heterocycles. The molecule has 1 aliphatic rings. The number of benzene rings is 2. The van der Waals surface area contributed by atoms with Crippen LogP contribution in [0.25, 0.3) is 10.4 Å². The summed E-state index contributed by atoms with van der Waals surface area (Å²) in [7, 11) is -3.43. The Kier molecular flexibility index (Phi) is 6.24. The maximum atomic E-state index is 12.8. The number of nitrogens with one attached hydrogen (secondary N) is 1. The second-order valence-electron chi connectivity index (χ2n) is 7.12. The lowest BCUT2D eigenvalue weighted by molar-refractivity contribution is 0.0951. The van der Waals surface area contributed by atoms with Crippen molar-refractivity contribution < 1.29 is 13.2 Å². The Morgan fingerprint density at radius 3 is 2.50 bits per heavy atom. The molecular formula is C22H21ClN2O3S2. The largest absolute Gasteiger partial charge is 0.348 e. The standard InChI is InChI=1S/C22H21ClN2O3S2/c23-19-8-6-16(7-9-19)15-24-22(26)18-5-3-4-17(14-18)20-10-11-21(29-20)30(27,28)25-12-1-2-13-25/h3-11,14H,1-2,12-13,15H2,(H,24,26). The van der Waals surface area contributed by atoms with Gasteiger partial charge in [-0.05, 0) is 60.4 Å². The van der Waals surface area contributed by atoms with Gasteiger partial charge in [0.1, 0.15) is 4.21 Å². The number of nitrogens with zero attached hydrogens (tertiary/aromatic N) is 1. The zero-order chi connectivity index (χ0) is 21.1. The second-order valence-corrected chi connectivity index (χ2v) is 10.8. The average molecular weight is 461 g/mol. The third-order valence-corrected chi connectivity index (χ3v) is 8.77. The summed E-state index contributed by atoms with van der Waals surface area (Å²) in [6.45, 7) is 1.56.